The molecule has 0 heterocycles. The predicted molar refractivity (Wildman–Crippen MR) is 102 cm³/mol. The van der Waals surface area contributed by atoms with Crippen molar-refractivity contribution in [2.75, 3.05) is 19.6 Å². The molecular formula is C17H30N4O9. The number of hydrogen-bond donors (Lipinski definition) is 6. The SMILES string of the molecule is CC(C)(C)OC(=O)NCCCCN(CC(=O)NC(CCC(=O)O)C(=O)O)C(=O)NO. The first-order chi connectivity index (χ1) is 13.9. The predicted octanol–water partition coefficient (Wildman–Crippen LogP) is 0.126. The maximum Gasteiger partial charge on any atom is 0.407 e. The summed E-state index contributed by atoms with van der Waals surface area (Å²) < 4.78 is 5.07. The lowest BCUT2D eigenvalue weighted by Gasteiger charge is -2.22. The number of nitrogens with zero attached hydrogens (tertiary/aromatic N) is 1. The van der Waals surface area contributed by atoms with E-state index in [0.717, 1.165) is 4.90 Å². The van der Waals surface area contributed by atoms with Gasteiger partial charge in [-0.1, -0.05) is 0 Å². The number of carboxylic acid groups (broad SMARTS) is 2. The van der Waals surface area contributed by atoms with Gasteiger partial charge in [-0.3, -0.25) is 14.8 Å². The highest BCUT2D eigenvalue weighted by Crippen LogP contribution is 2.06. The molecule has 4 amide bonds. The van der Waals surface area contributed by atoms with Gasteiger partial charge in [0, 0.05) is 19.5 Å². The van der Waals surface area contributed by atoms with E-state index in [2.05, 4.69) is 10.6 Å². The van der Waals surface area contributed by atoms with Crippen LogP contribution in [0.25, 0.3) is 0 Å². The van der Waals surface area contributed by atoms with Gasteiger partial charge in [-0.15, -0.1) is 0 Å². The standard InChI is InChI=1S/C17H30N4O9/c1-17(2,3)30-16(28)18-8-4-5-9-21(15(27)20-29)10-12(22)19-11(14(25)26)6-7-13(23)24/h11,29H,4-10H2,1-3H3,(H,18,28)(H,19,22)(H,20,27)(H,23,24)(H,25,26). The minimum atomic E-state index is -1.43. The van der Waals surface area contributed by atoms with Gasteiger partial charge in [0.05, 0.1) is 0 Å². The van der Waals surface area contributed by atoms with Crippen LogP contribution in [0, 0.1) is 0 Å². The van der Waals surface area contributed by atoms with Gasteiger partial charge < -0.3 is 30.5 Å². The molecule has 0 saturated heterocycles. The Morgan fingerprint density at radius 2 is 1.70 bits per heavy atom. The Morgan fingerprint density at radius 3 is 2.20 bits per heavy atom. The van der Waals surface area contributed by atoms with Crippen LogP contribution in [0.2, 0.25) is 0 Å². The van der Waals surface area contributed by atoms with Crippen LogP contribution in [-0.2, 0) is 19.1 Å². The highest BCUT2D eigenvalue weighted by molar-refractivity contribution is 5.87. The number of aliphatic carboxylic acids is 2. The Kier molecular flexibility index (Phi) is 11.8. The Labute approximate surface area is 173 Å². The van der Waals surface area contributed by atoms with Crippen LogP contribution in [0.5, 0.6) is 0 Å². The second kappa shape index (κ2) is 13.2. The molecule has 172 valence electrons. The molecule has 0 bridgehead atoms. The smallest absolute Gasteiger partial charge is 0.407 e. The maximum atomic E-state index is 12.0. The van der Waals surface area contributed by atoms with Gasteiger partial charge in [0.15, 0.2) is 0 Å². The van der Waals surface area contributed by atoms with Crippen molar-refractivity contribution >= 4 is 30.0 Å². The third-order valence-electron chi connectivity index (χ3n) is 3.52. The Bertz CT molecular complexity index is 619. The van der Waals surface area contributed by atoms with Gasteiger partial charge in [0.25, 0.3) is 0 Å². The lowest BCUT2D eigenvalue weighted by molar-refractivity contribution is -0.143. The van der Waals surface area contributed by atoms with E-state index in [1.54, 1.807) is 20.8 Å². The maximum absolute atomic E-state index is 12.0. The monoisotopic (exact) mass is 434 g/mol. The van der Waals surface area contributed by atoms with Gasteiger partial charge in [-0.05, 0) is 40.0 Å². The number of urea groups is 1. The summed E-state index contributed by atoms with van der Waals surface area (Å²) in [5.41, 5.74) is 0.761. The summed E-state index contributed by atoms with van der Waals surface area (Å²) in [5.74, 6) is -3.45. The van der Waals surface area contributed by atoms with Gasteiger partial charge in [-0.25, -0.2) is 19.9 Å². The van der Waals surface area contributed by atoms with Crippen LogP contribution < -0.4 is 16.1 Å². The summed E-state index contributed by atoms with van der Waals surface area (Å²) >= 11 is 0. The average molecular weight is 434 g/mol. The molecular weight excluding hydrogens is 404 g/mol. The fourth-order valence-electron chi connectivity index (χ4n) is 2.19. The number of alkyl carbamates (subject to hydrolysis) is 1. The van der Waals surface area contributed by atoms with Crippen LogP contribution >= 0.6 is 0 Å². The molecule has 0 aromatic heterocycles. The van der Waals surface area contributed by atoms with E-state index in [4.69, 9.17) is 20.2 Å². The molecule has 0 aromatic carbocycles. The van der Waals surface area contributed by atoms with Crippen molar-refractivity contribution in [1.29, 1.82) is 0 Å². The van der Waals surface area contributed by atoms with E-state index >= 15 is 0 Å². The van der Waals surface area contributed by atoms with Gasteiger partial charge in [-0.2, -0.15) is 0 Å². The van der Waals surface area contributed by atoms with E-state index in [-0.39, 0.29) is 19.5 Å². The molecule has 30 heavy (non-hydrogen) atoms. The number of hydroxylamine groups is 1. The van der Waals surface area contributed by atoms with E-state index in [1.165, 1.54) is 5.48 Å². The van der Waals surface area contributed by atoms with Crippen molar-refractivity contribution in [3.8, 4) is 0 Å². The summed E-state index contributed by atoms with van der Waals surface area (Å²) in [4.78, 5) is 57.9. The normalized spacial score (nSPS) is 11.7. The number of carbonyl (C=O) groups excluding carboxylic acids is 3. The summed E-state index contributed by atoms with van der Waals surface area (Å²) in [5, 5.41) is 31.2. The number of amides is 4. The summed E-state index contributed by atoms with van der Waals surface area (Å²) in [7, 11) is 0. The van der Waals surface area contributed by atoms with Crippen LogP contribution in [-0.4, -0.2) is 81.6 Å². The van der Waals surface area contributed by atoms with Crippen LogP contribution in [0.4, 0.5) is 9.59 Å². The van der Waals surface area contributed by atoms with Crippen LogP contribution in [0.1, 0.15) is 46.5 Å². The van der Waals surface area contributed by atoms with Crippen molar-refractivity contribution < 1.29 is 44.1 Å². The Hall–Kier alpha value is -3.09. The topological polar surface area (TPSA) is 195 Å². The molecule has 1 atom stereocenters. The van der Waals surface area contributed by atoms with Crippen LogP contribution in [0.15, 0.2) is 0 Å². The number of rotatable bonds is 12. The Morgan fingerprint density at radius 1 is 1.07 bits per heavy atom. The molecule has 0 saturated carbocycles. The van der Waals surface area contributed by atoms with Crippen molar-refractivity contribution in [2.45, 2.75) is 58.1 Å². The average Bonchev–Trinajstić information content (AvgIpc) is 2.61. The van der Waals surface area contributed by atoms with Crippen molar-refractivity contribution in [3.05, 3.63) is 0 Å². The zero-order valence-corrected chi connectivity index (χ0v) is 17.3. The third kappa shape index (κ3) is 13.1. The van der Waals surface area contributed by atoms with Gasteiger partial charge >= 0.3 is 24.1 Å². The van der Waals surface area contributed by atoms with Crippen molar-refractivity contribution in [2.24, 2.45) is 0 Å². The molecule has 1 unspecified atom stereocenters. The molecule has 0 spiro atoms. The van der Waals surface area contributed by atoms with E-state index in [1.807, 2.05) is 0 Å². The molecule has 0 rings (SSSR count). The zero-order chi connectivity index (χ0) is 23.3. The molecule has 13 nitrogen and oxygen atoms in total. The second-order valence-electron chi connectivity index (χ2n) is 7.37. The fourth-order valence-corrected chi connectivity index (χ4v) is 2.19. The molecule has 13 heteroatoms. The highest BCUT2D eigenvalue weighted by atomic mass is 16.6. The molecule has 0 radical (unpaired) electrons. The van der Waals surface area contributed by atoms with E-state index in [0.29, 0.717) is 12.8 Å². The first-order valence-electron chi connectivity index (χ1n) is 9.25. The summed E-state index contributed by atoms with van der Waals surface area (Å²) in [6.45, 7) is 4.90. The fraction of sp³-hybridized carbons (Fsp3) is 0.706. The van der Waals surface area contributed by atoms with E-state index < -0.39 is 54.6 Å². The lowest BCUT2D eigenvalue weighted by Crippen LogP contribution is -2.49. The zero-order valence-electron chi connectivity index (χ0n) is 17.3. The number of unbranched alkanes of at least 4 members (excludes halogenated alkanes) is 1. The second-order valence-corrected chi connectivity index (χ2v) is 7.37. The largest absolute Gasteiger partial charge is 0.481 e. The first kappa shape index (κ1) is 26.9. The molecule has 0 aliphatic carbocycles. The number of carbonyl (C=O) groups is 5. The first-order valence-corrected chi connectivity index (χ1v) is 9.25. The van der Waals surface area contributed by atoms with Gasteiger partial charge in [0.1, 0.15) is 18.2 Å². The summed E-state index contributed by atoms with van der Waals surface area (Å²) in [6.07, 6.45) is -0.570. The number of nitrogens with one attached hydrogen (secondary N) is 3. The summed E-state index contributed by atoms with van der Waals surface area (Å²) in [6, 6.07) is -2.40. The third-order valence-corrected chi connectivity index (χ3v) is 3.52. The molecule has 0 aliphatic heterocycles. The lowest BCUT2D eigenvalue weighted by atomic mass is 10.1. The number of hydrogen-bond acceptors (Lipinski definition) is 7. The minimum Gasteiger partial charge on any atom is -0.481 e. The molecule has 0 aromatic rings. The van der Waals surface area contributed by atoms with Crippen LogP contribution in [0.3, 0.4) is 0 Å². The van der Waals surface area contributed by atoms with Crippen molar-refractivity contribution in [3.63, 3.8) is 0 Å². The molecule has 0 aliphatic rings. The molecule has 6 N–H and O–H groups in total. The number of carboxylic acids is 2. The van der Waals surface area contributed by atoms with E-state index in [9.17, 15) is 24.0 Å². The van der Waals surface area contributed by atoms with Crippen molar-refractivity contribution in [1.82, 2.24) is 21.0 Å². The quantitative estimate of drug-likeness (QED) is 0.140. The molecule has 0 fully saturated rings. The minimum absolute atomic E-state index is 0.0304. The highest BCUT2D eigenvalue weighted by Gasteiger charge is 2.23. The Balaban J connectivity index is 4.52. The number of ether oxygens (including phenoxy) is 1. The van der Waals surface area contributed by atoms with Gasteiger partial charge in [0.2, 0.25) is 5.91 Å².